The average molecular weight is 998 g/mol. The second-order valence-electron chi connectivity index (χ2n) is 19.0. The highest BCUT2D eigenvalue weighted by Gasteiger charge is 2.31. The Morgan fingerprint density at radius 2 is 0.814 bits per heavy atom. The Kier molecular flexibility index (Phi) is 33.0. The summed E-state index contributed by atoms with van der Waals surface area (Å²) >= 11 is 0. The summed E-state index contributed by atoms with van der Waals surface area (Å²) in [6.45, 7) is 3.81. The van der Waals surface area contributed by atoms with E-state index >= 15 is 0 Å². The minimum Gasteiger partial charge on any atom is -0.481 e. The predicted molar refractivity (Wildman–Crippen MR) is 256 cm³/mol. The highest BCUT2D eigenvalue weighted by molar-refractivity contribution is 5.88. The van der Waals surface area contributed by atoms with Crippen molar-refractivity contribution in [2.45, 2.75) is 224 Å². The van der Waals surface area contributed by atoms with Gasteiger partial charge in [0.15, 0.2) is 6.29 Å². The number of aliphatic hydroxyl groups excluding tert-OH is 1. The number of carbonyl (C=O) groups excluding carboxylic acids is 6. The van der Waals surface area contributed by atoms with Gasteiger partial charge in [0.05, 0.1) is 6.04 Å². The van der Waals surface area contributed by atoms with Gasteiger partial charge in [-0.15, -0.1) is 0 Å². The van der Waals surface area contributed by atoms with E-state index in [-0.39, 0.29) is 49.2 Å². The fraction of sp³-hybridized carbons (Fsp3) is 0.796. The van der Waals surface area contributed by atoms with E-state index in [2.05, 4.69) is 26.6 Å². The van der Waals surface area contributed by atoms with Crippen LogP contribution in [0.25, 0.3) is 0 Å². The largest absolute Gasteiger partial charge is 0.481 e. The third-order valence-electron chi connectivity index (χ3n) is 12.8. The molecule has 0 saturated heterocycles. The van der Waals surface area contributed by atoms with Gasteiger partial charge >= 0.3 is 23.9 Å². The molecule has 11 N–H and O–H groups in total. The number of aliphatic hydroxyl groups is 2. The minimum atomic E-state index is -2.03. The summed E-state index contributed by atoms with van der Waals surface area (Å²) in [5.74, 6) is -8.83. The van der Waals surface area contributed by atoms with Crippen LogP contribution in [0.5, 0.6) is 0 Å². The maximum Gasteiger partial charge on any atom is 0.326 e. The highest BCUT2D eigenvalue weighted by Crippen LogP contribution is 2.29. The van der Waals surface area contributed by atoms with Crippen LogP contribution in [0.4, 0.5) is 0 Å². The third-order valence-corrected chi connectivity index (χ3v) is 12.8. The maximum atomic E-state index is 13.1. The zero-order valence-corrected chi connectivity index (χ0v) is 41.4. The molecule has 2 unspecified atom stereocenters. The van der Waals surface area contributed by atoms with Gasteiger partial charge in [-0.25, -0.2) is 14.4 Å². The number of carboxylic acid groups (broad SMARTS) is 4. The number of hydrogen-bond acceptors (Lipinski definition) is 12. The van der Waals surface area contributed by atoms with E-state index < -0.39 is 116 Å². The lowest BCUT2D eigenvalue weighted by Gasteiger charge is -2.30. The van der Waals surface area contributed by atoms with Gasteiger partial charge in [0, 0.05) is 56.9 Å². The first-order valence-corrected chi connectivity index (χ1v) is 25.4. The van der Waals surface area contributed by atoms with Gasteiger partial charge < -0.3 is 57.2 Å². The van der Waals surface area contributed by atoms with E-state index in [1.807, 2.05) is 0 Å². The van der Waals surface area contributed by atoms with Crippen LogP contribution in [-0.2, 0) is 47.9 Å². The molecule has 4 atom stereocenters. The number of Topliss-reactive ketones (excluding diaryl/α,β-unsaturated/α-hetero) is 1. The lowest BCUT2D eigenvalue weighted by Crippen LogP contribution is -2.48. The molecule has 400 valence electrons. The van der Waals surface area contributed by atoms with Crippen LogP contribution in [0, 0.1) is 17.8 Å². The molecule has 1 rings (SSSR count). The Morgan fingerprint density at radius 1 is 0.443 bits per heavy atom. The first kappa shape index (κ1) is 62.8. The zero-order chi connectivity index (χ0) is 52.4. The van der Waals surface area contributed by atoms with Crippen molar-refractivity contribution in [1.82, 2.24) is 26.6 Å². The Labute approximate surface area is 411 Å². The minimum absolute atomic E-state index is 0.00990. The van der Waals surface area contributed by atoms with Crippen LogP contribution < -0.4 is 26.6 Å². The van der Waals surface area contributed by atoms with Crippen molar-refractivity contribution in [2.75, 3.05) is 6.54 Å². The Bertz CT molecular complexity index is 1650. The second kappa shape index (κ2) is 36.7. The molecular formula is C49H83N5O16. The Morgan fingerprint density at radius 3 is 1.19 bits per heavy atom. The molecule has 1 aliphatic rings. The van der Waals surface area contributed by atoms with E-state index in [1.54, 1.807) is 13.8 Å². The Hall–Kier alpha value is -5.18. The fourth-order valence-electron chi connectivity index (χ4n) is 8.24. The quantitative estimate of drug-likeness (QED) is 0.0304. The molecule has 0 spiro atoms. The van der Waals surface area contributed by atoms with Crippen LogP contribution in [0.3, 0.4) is 0 Å². The van der Waals surface area contributed by atoms with E-state index in [9.17, 15) is 73.5 Å². The molecule has 21 nitrogen and oxygen atoms in total. The van der Waals surface area contributed by atoms with Crippen molar-refractivity contribution in [3.05, 3.63) is 0 Å². The van der Waals surface area contributed by atoms with Gasteiger partial charge in [0.25, 0.3) is 0 Å². The molecule has 0 aromatic heterocycles. The number of aliphatic carboxylic acids is 4. The smallest absolute Gasteiger partial charge is 0.326 e. The fourth-order valence-corrected chi connectivity index (χ4v) is 8.24. The van der Waals surface area contributed by atoms with Crippen molar-refractivity contribution >= 4 is 59.2 Å². The van der Waals surface area contributed by atoms with E-state index in [1.165, 1.54) is 44.9 Å². The molecule has 0 bridgehead atoms. The summed E-state index contributed by atoms with van der Waals surface area (Å²) in [6.07, 6.45) is 13.7. The van der Waals surface area contributed by atoms with Crippen molar-refractivity contribution in [3.63, 3.8) is 0 Å². The third kappa shape index (κ3) is 30.4. The first-order valence-electron chi connectivity index (χ1n) is 25.4. The molecule has 0 radical (unpaired) electrons. The predicted octanol–water partition coefficient (Wildman–Crippen LogP) is 4.08. The lowest BCUT2D eigenvalue weighted by molar-refractivity contribution is -0.144. The summed E-state index contributed by atoms with van der Waals surface area (Å²) in [5.41, 5.74) is 0. The summed E-state index contributed by atoms with van der Waals surface area (Å²) < 4.78 is 0. The second-order valence-corrected chi connectivity index (χ2v) is 19.0. The number of amides is 5. The van der Waals surface area contributed by atoms with Crippen LogP contribution in [0.1, 0.15) is 194 Å². The monoisotopic (exact) mass is 998 g/mol. The summed E-state index contributed by atoms with van der Waals surface area (Å²) in [6, 6.07) is -5.83. The van der Waals surface area contributed by atoms with Crippen molar-refractivity contribution in [1.29, 1.82) is 0 Å². The van der Waals surface area contributed by atoms with Crippen molar-refractivity contribution in [3.8, 4) is 0 Å². The molecule has 0 aromatic rings. The number of rotatable bonds is 41. The standard InChI is InChI=1S/C49H83N5O16/c1-32(2)39(55)27-23-35(46(63)64)51-41(57)28-24-36(47(65)66)52-42(58)29-25-37(48(67)68)53-43(59)30-26-38(49(69)70)54-45(62)34-21-19-33(20-22-34)31-50-40(56)17-15-13-11-9-7-5-3-4-6-8-10-12-14-16-18-44(60)61/h32-38,49,69-70H,3-31H2,1-2H3,(H,50,56)(H,51,57)(H,52,58)(H,53,59)(H,54,62)(H,60,61)(H,63,64)(H,65,66)(H,67,68)/t33-,34+,35-,36?,37-,38?/m0/s1. The summed E-state index contributed by atoms with van der Waals surface area (Å²) in [7, 11) is 0. The molecule has 0 heterocycles. The number of carboxylic acids is 4. The normalized spacial score (nSPS) is 16.3. The summed E-state index contributed by atoms with van der Waals surface area (Å²) in [5, 5.41) is 69.5. The van der Waals surface area contributed by atoms with Crippen LogP contribution in [0.2, 0.25) is 0 Å². The van der Waals surface area contributed by atoms with Crippen LogP contribution in [-0.4, -0.2) is 127 Å². The van der Waals surface area contributed by atoms with Crippen molar-refractivity contribution < 1.29 is 78.6 Å². The number of nitrogens with one attached hydrogen (secondary N) is 5. The molecule has 1 aliphatic carbocycles. The van der Waals surface area contributed by atoms with E-state index in [0.717, 1.165) is 44.9 Å². The van der Waals surface area contributed by atoms with Crippen LogP contribution >= 0.6 is 0 Å². The molecular weight excluding hydrogens is 915 g/mol. The maximum absolute atomic E-state index is 13.1. The number of unbranched alkanes of at least 4 members (excludes halogenated alkanes) is 13. The van der Waals surface area contributed by atoms with Crippen molar-refractivity contribution in [2.24, 2.45) is 17.8 Å². The molecule has 1 fully saturated rings. The SMILES string of the molecule is CC(C)C(=O)CC[C@H](NC(=O)CCC(NC(=O)CC[C@H](NC(=O)CCC(NC(=O)[C@H]1CC[C@@H](CNC(=O)CCCCCCCCCCCCCCCCC(=O)O)CC1)C(O)O)C(=O)O)C(=O)O)C(=O)O. The zero-order valence-electron chi connectivity index (χ0n) is 41.4. The number of ketones is 1. The van der Waals surface area contributed by atoms with Crippen LogP contribution in [0.15, 0.2) is 0 Å². The lowest BCUT2D eigenvalue weighted by atomic mass is 9.81. The topological polar surface area (TPSA) is 352 Å². The molecule has 1 saturated carbocycles. The average Bonchev–Trinajstić information content (AvgIpc) is 3.30. The number of carbonyl (C=O) groups is 10. The molecule has 0 aromatic carbocycles. The van der Waals surface area contributed by atoms with E-state index in [0.29, 0.717) is 38.6 Å². The van der Waals surface area contributed by atoms with Gasteiger partial charge in [-0.3, -0.25) is 33.6 Å². The van der Waals surface area contributed by atoms with Gasteiger partial charge in [-0.1, -0.05) is 90.9 Å². The van der Waals surface area contributed by atoms with Gasteiger partial charge in [0.2, 0.25) is 29.5 Å². The van der Waals surface area contributed by atoms with Gasteiger partial charge in [-0.2, -0.15) is 0 Å². The first-order chi connectivity index (χ1) is 33.2. The molecule has 5 amide bonds. The highest BCUT2D eigenvalue weighted by atomic mass is 16.5. The Balaban J connectivity index is 2.35. The van der Waals surface area contributed by atoms with Gasteiger partial charge in [-0.05, 0) is 70.1 Å². The summed E-state index contributed by atoms with van der Waals surface area (Å²) in [4.78, 5) is 121. The molecule has 21 heteroatoms. The number of hydrogen-bond donors (Lipinski definition) is 11. The van der Waals surface area contributed by atoms with E-state index in [4.69, 9.17) is 5.11 Å². The van der Waals surface area contributed by atoms with Gasteiger partial charge in [0.1, 0.15) is 23.9 Å². The molecule has 0 aliphatic heterocycles. The molecule has 70 heavy (non-hydrogen) atoms.